The maximum absolute atomic E-state index is 13.7. The van der Waals surface area contributed by atoms with Crippen molar-refractivity contribution in [3.8, 4) is 0 Å². The van der Waals surface area contributed by atoms with Gasteiger partial charge in [0.05, 0.1) is 11.8 Å². The number of carbonyl (C=O) groups is 2. The highest BCUT2D eigenvalue weighted by molar-refractivity contribution is 6.23. The zero-order valence-electron chi connectivity index (χ0n) is 18.9. The zero-order valence-corrected chi connectivity index (χ0v) is 18.9. The summed E-state index contributed by atoms with van der Waals surface area (Å²) in [7, 11) is 0. The van der Waals surface area contributed by atoms with Crippen LogP contribution in [0, 0.1) is 5.92 Å². The Balaban J connectivity index is 1.29. The van der Waals surface area contributed by atoms with E-state index < -0.39 is 5.54 Å². The largest absolute Gasteiger partial charge is 0.378 e. The number of amides is 3. The fourth-order valence-corrected chi connectivity index (χ4v) is 5.90. The molecule has 1 aliphatic carbocycles. The molecule has 1 saturated carbocycles. The molecule has 3 amide bonds. The van der Waals surface area contributed by atoms with Gasteiger partial charge in [-0.2, -0.15) is 0 Å². The Kier molecular flexibility index (Phi) is 5.55. The van der Waals surface area contributed by atoms with Crippen LogP contribution >= 0.6 is 0 Å². The van der Waals surface area contributed by atoms with E-state index in [1.807, 2.05) is 24.0 Å². The molecule has 0 N–H and O–H groups in total. The van der Waals surface area contributed by atoms with Gasteiger partial charge in [0.15, 0.2) is 0 Å². The van der Waals surface area contributed by atoms with Crippen molar-refractivity contribution < 1.29 is 14.3 Å². The summed E-state index contributed by atoms with van der Waals surface area (Å²) >= 11 is 0. The third kappa shape index (κ3) is 3.78. The number of piperidine rings is 1. The molecule has 6 nitrogen and oxygen atoms in total. The minimum atomic E-state index is -0.680. The van der Waals surface area contributed by atoms with Gasteiger partial charge in [0, 0.05) is 32.8 Å². The molecule has 6 heteroatoms. The molecule has 2 atom stereocenters. The second-order valence-electron chi connectivity index (χ2n) is 9.94. The van der Waals surface area contributed by atoms with Crippen LogP contribution in [-0.2, 0) is 9.53 Å². The number of urea groups is 1. The molecule has 1 aromatic rings. The first-order valence-corrected chi connectivity index (χ1v) is 12.1. The van der Waals surface area contributed by atoms with Crippen LogP contribution in [0.3, 0.4) is 0 Å². The van der Waals surface area contributed by atoms with Gasteiger partial charge < -0.3 is 14.5 Å². The quantitative estimate of drug-likeness (QED) is 0.669. The lowest BCUT2D eigenvalue weighted by atomic mass is 9.85. The highest BCUT2D eigenvalue weighted by Crippen LogP contribution is 2.42. The van der Waals surface area contributed by atoms with Crippen molar-refractivity contribution in [3.63, 3.8) is 0 Å². The van der Waals surface area contributed by atoms with Gasteiger partial charge in [0.2, 0.25) is 0 Å². The van der Waals surface area contributed by atoms with Crippen molar-refractivity contribution >= 4 is 17.6 Å². The Morgan fingerprint density at radius 1 is 1.06 bits per heavy atom. The summed E-state index contributed by atoms with van der Waals surface area (Å²) in [6.07, 6.45) is 6.52. The van der Waals surface area contributed by atoms with Crippen LogP contribution in [0.4, 0.5) is 10.5 Å². The summed E-state index contributed by atoms with van der Waals surface area (Å²) in [6, 6.07) is 7.94. The molecule has 1 spiro atoms. The Morgan fingerprint density at radius 3 is 2.39 bits per heavy atom. The molecule has 168 valence electrons. The van der Waals surface area contributed by atoms with Gasteiger partial charge in [0.1, 0.15) is 5.54 Å². The number of carbonyl (C=O) groups excluding carboxylic acids is 2. The van der Waals surface area contributed by atoms with Gasteiger partial charge in [-0.15, -0.1) is 0 Å². The minimum absolute atomic E-state index is 0.0298. The second-order valence-corrected chi connectivity index (χ2v) is 9.94. The molecular formula is C25H35N3O3. The van der Waals surface area contributed by atoms with Gasteiger partial charge in [0.25, 0.3) is 5.91 Å². The first kappa shape index (κ1) is 21.0. The molecule has 3 heterocycles. The molecule has 1 aromatic carbocycles. The predicted molar refractivity (Wildman–Crippen MR) is 120 cm³/mol. The van der Waals surface area contributed by atoms with Gasteiger partial charge >= 0.3 is 6.03 Å². The summed E-state index contributed by atoms with van der Waals surface area (Å²) < 4.78 is 5.69. The first-order valence-electron chi connectivity index (χ1n) is 12.1. The van der Waals surface area contributed by atoms with E-state index >= 15 is 0 Å². The van der Waals surface area contributed by atoms with Crippen molar-refractivity contribution in [1.29, 1.82) is 0 Å². The number of ether oxygens (including phenoxy) is 1. The normalized spacial score (nSPS) is 29.2. The molecular weight excluding hydrogens is 390 g/mol. The number of hydrogen-bond acceptors (Lipinski definition) is 4. The summed E-state index contributed by atoms with van der Waals surface area (Å²) in [5.41, 5.74) is 1.36. The van der Waals surface area contributed by atoms with E-state index in [-0.39, 0.29) is 11.9 Å². The van der Waals surface area contributed by atoms with E-state index in [1.165, 1.54) is 23.3 Å². The van der Waals surface area contributed by atoms with Crippen LogP contribution in [0.5, 0.6) is 0 Å². The number of imide groups is 1. The second kappa shape index (κ2) is 8.21. The van der Waals surface area contributed by atoms with Crippen LogP contribution in [0.2, 0.25) is 0 Å². The maximum atomic E-state index is 13.7. The van der Waals surface area contributed by atoms with Gasteiger partial charge in [-0.25, -0.2) is 9.69 Å². The van der Waals surface area contributed by atoms with E-state index in [0.717, 1.165) is 51.9 Å². The Hall–Kier alpha value is -1.92. The fraction of sp³-hybridized carbons (Fsp3) is 0.680. The number of rotatable bonds is 5. The molecule has 0 unspecified atom stereocenters. The van der Waals surface area contributed by atoms with E-state index in [9.17, 15) is 9.59 Å². The molecule has 3 aliphatic heterocycles. The van der Waals surface area contributed by atoms with E-state index in [1.54, 1.807) is 0 Å². The minimum Gasteiger partial charge on any atom is -0.378 e. The Morgan fingerprint density at radius 2 is 1.77 bits per heavy atom. The van der Waals surface area contributed by atoms with Crippen molar-refractivity contribution in [2.75, 3.05) is 37.7 Å². The summed E-state index contributed by atoms with van der Waals surface area (Å²) in [5.74, 6) is 1.31. The highest BCUT2D eigenvalue weighted by Gasteiger charge is 2.57. The first-order chi connectivity index (χ1) is 15.0. The molecule has 5 rings (SSSR count). The molecule has 0 radical (unpaired) electrons. The van der Waals surface area contributed by atoms with Gasteiger partial charge in [-0.1, -0.05) is 12.1 Å². The number of likely N-dealkylation sites (tertiary alicyclic amines) is 1. The third-order valence-corrected chi connectivity index (χ3v) is 7.85. The average molecular weight is 426 g/mol. The lowest BCUT2D eigenvalue weighted by molar-refractivity contribution is -0.127. The van der Waals surface area contributed by atoms with E-state index in [2.05, 4.69) is 24.0 Å². The topological polar surface area (TPSA) is 53.1 Å². The van der Waals surface area contributed by atoms with Crippen molar-refractivity contribution in [2.24, 2.45) is 5.92 Å². The lowest BCUT2D eigenvalue weighted by Gasteiger charge is -2.43. The van der Waals surface area contributed by atoms with E-state index in [0.29, 0.717) is 30.2 Å². The van der Waals surface area contributed by atoms with Crippen LogP contribution in [0.25, 0.3) is 0 Å². The van der Waals surface area contributed by atoms with Crippen LogP contribution < -0.4 is 4.90 Å². The van der Waals surface area contributed by atoms with Crippen LogP contribution in [-0.4, -0.2) is 66.2 Å². The molecule has 31 heavy (non-hydrogen) atoms. The highest BCUT2D eigenvalue weighted by atomic mass is 16.5. The van der Waals surface area contributed by atoms with Gasteiger partial charge in [-0.05, 0) is 81.9 Å². The molecule has 3 saturated heterocycles. The number of anilines is 1. The zero-order chi connectivity index (χ0) is 21.6. The number of hydrogen-bond donors (Lipinski definition) is 0. The van der Waals surface area contributed by atoms with Crippen LogP contribution in [0.15, 0.2) is 24.3 Å². The third-order valence-electron chi connectivity index (χ3n) is 7.85. The SMILES string of the molecule is CCN1C(=O)N(c2ccc(C3CC3)cc2)C(=O)C12CCN(C[C@@H]1CCO[C@@H](C)C1)CC2. The van der Waals surface area contributed by atoms with Crippen LogP contribution in [0.1, 0.15) is 63.9 Å². The summed E-state index contributed by atoms with van der Waals surface area (Å²) in [6.45, 7) is 8.39. The molecule has 4 fully saturated rings. The Bertz CT molecular complexity index is 827. The molecule has 0 aromatic heterocycles. The monoisotopic (exact) mass is 425 g/mol. The maximum Gasteiger partial charge on any atom is 0.332 e. The number of likely N-dealkylation sites (N-methyl/N-ethyl adjacent to an activating group) is 1. The summed E-state index contributed by atoms with van der Waals surface area (Å²) in [5, 5.41) is 0. The smallest absolute Gasteiger partial charge is 0.332 e. The van der Waals surface area contributed by atoms with Gasteiger partial charge in [-0.3, -0.25) is 4.79 Å². The Labute approximate surface area is 185 Å². The van der Waals surface area contributed by atoms with Crippen molar-refractivity contribution in [2.45, 2.75) is 69.9 Å². The molecule has 0 bridgehead atoms. The number of nitrogens with zero attached hydrogens (tertiary/aromatic N) is 3. The lowest BCUT2D eigenvalue weighted by Crippen LogP contribution is -2.57. The average Bonchev–Trinajstić information content (AvgIpc) is 3.59. The standard InChI is InChI=1S/C25H35N3O3/c1-3-27-24(30)28(22-8-6-21(7-9-22)20-4-5-20)23(29)25(27)11-13-26(14-12-25)17-19-10-15-31-18(2)16-19/h6-9,18-20H,3-5,10-17H2,1-2H3/t18-,19+/m0/s1. The van der Waals surface area contributed by atoms with E-state index in [4.69, 9.17) is 4.74 Å². The number of benzene rings is 1. The molecule has 4 aliphatic rings. The van der Waals surface area contributed by atoms with Crippen molar-refractivity contribution in [3.05, 3.63) is 29.8 Å². The predicted octanol–water partition coefficient (Wildman–Crippen LogP) is 4.00. The summed E-state index contributed by atoms with van der Waals surface area (Å²) in [4.78, 5) is 32.7. The fourth-order valence-electron chi connectivity index (χ4n) is 5.90. The van der Waals surface area contributed by atoms with Crippen molar-refractivity contribution in [1.82, 2.24) is 9.80 Å².